The fraction of sp³-hybridized carbons (Fsp3) is 0.500. The summed E-state index contributed by atoms with van der Waals surface area (Å²) in [5, 5.41) is 3.04. The Morgan fingerprint density at radius 1 is 1.40 bits per heavy atom. The summed E-state index contributed by atoms with van der Waals surface area (Å²) in [5.74, 6) is 1.16. The van der Waals surface area contributed by atoms with E-state index in [0.717, 1.165) is 30.4 Å². The highest BCUT2D eigenvalue weighted by atomic mass is 16.3. The van der Waals surface area contributed by atoms with Crippen LogP contribution in [0, 0.1) is 12.8 Å². The van der Waals surface area contributed by atoms with Crippen LogP contribution in [0.25, 0.3) is 11.1 Å². The van der Waals surface area contributed by atoms with Crippen molar-refractivity contribution in [2.75, 3.05) is 6.54 Å². The molecule has 1 N–H and O–H groups in total. The molecule has 1 saturated carbocycles. The third kappa shape index (κ3) is 2.84. The van der Waals surface area contributed by atoms with E-state index in [1.165, 1.54) is 18.4 Å². The zero-order chi connectivity index (χ0) is 13.9. The minimum Gasteiger partial charge on any atom is -0.441 e. The van der Waals surface area contributed by atoms with Crippen LogP contribution < -0.4 is 5.32 Å². The summed E-state index contributed by atoms with van der Waals surface area (Å²) in [7, 11) is 0. The maximum Gasteiger partial charge on any atom is 0.223 e. The molecular formula is C16H20N2O2. The number of aromatic nitrogens is 1. The molecule has 0 atom stereocenters. The van der Waals surface area contributed by atoms with E-state index in [2.05, 4.69) is 10.3 Å². The van der Waals surface area contributed by atoms with Crippen LogP contribution >= 0.6 is 0 Å². The first-order valence-corrected chi connectivity index (χ1v) is 7.36. The summed E-state index contributed by atoms with van der Waals surface area (Å²) < 4.78 is 5.45. The van der Waals surface area contributed by atoms with Crippen LogP contribution in [-0.4, -0.2) is 17.4 Å². The molecule has 1 aromatic carbocycles. The van der Waals surface area contributed by atoms with Crippen LogP contribution in [-0.2, 0) is 11.2 Å². The van der Waals surface area contributed by atoms with Crippen LogP contribution in [0.2, 0.25) is 0 Å². The lowest BCUT2D eigenvalue weighted by Gasteiger charge is -2.10. The van der Waals surface area contributed by atoms with Crippen molar-refractivity contribution in [3.05, 3.63) is 29.7 Å². The normalized spacial score (nSPS) is 15.8. The maximum atomic E-state index is 11.9. The van der Waals surface area contributed by atoms with Gasteiger partial charge >= 0.3 is 0 Å². The van der Waals surface area contributed by atoms with Crippen molar-refractivity contribution >= 4 is 17.0 Å². The summed E-state index contributed by atoms with van der Waals surface area (Å²) in [6.07, 6.45) is 5.33. The molecule has 20 heavy (non-hydrogen) atoms. The van der Waals surface area contributed by atoms with Gasteiger partial charge in [0.15, 0.2) is 11.5 Å². The number of oxazole rings is 1. The molecule has 1 heterocycles. The molecule has 0 aliphatic heterocycles. The molecule has 1 fully saturated rings. The fourth-order valence-corrected chi connectivity index (χ4v) is 2.91. The van der Waals surface area contributed by atoms with Crippen molar-refractivity contribution in [1.82, 2.24) is 10.3 Å². The second-order valence-electron chi connectivity index (χ2n) is 5.56. The number of amides is 1. The molecule has 4 heteroatoms. The van der Waals surface area contributed by atoms with Gasteiger partial charge in [-0.05, 0) is 37.0 Å². The van der Waals surface area contributed by atoms with Crippen LogP contribution in [0.3, 0.4) is 0 Å². The second kappa shape index (κ2) is 5.65. The smallest absolute Gasteiger partial charge is 0.223 e. The summed E-state index contributed by atoms with van der Waals surface area (Å²) in [5.41, 5.74) is 2.89. The van der Waals surface area contributed by atoms with Crippen LogP contribution in [0.4, 0.5) is 0 Å². The fourth-order valence-electron chi connectivity index (χ4n) is 2.91. The lowest BCUT2D eigenvalue weighted by molar-refractivity contribution is -0.124. The van der Waals surface area contributed by atoms with Gasteiger partial charge in [0.25, 0.3) is 0 Å². The first kappa shape index (κ1) is 13.2. The summed E-state index contributed by atoms with van der Waals surface area (Å²) in [6.45, 7) is 2.54. The number of carbonyl (C=O) groups excluding carboxylic acids is 1. The first-order valence-electron chi connectivity index (χ1n) is 7.36. The van der Waals surface area contributed by atoms with Crippen molar-refractivity contribution in [3.63, 3.8) is 0 Å². The Hall–Kier alpha value is -1.84. The van der Waals surface area contributed by atoms with Crippen molar-refractivity contribution in [1.29, 1.82) is 0 Å². The second-order valence-corrected chi connectivity index (χ2v) is 5.56. The highest BCUT2D eigenvalue weighted by Gasteiger charge is 2.21. The highest BCUT2D eigenvalue weighted by Crippen LogP contribution is 2.24. The van der Waals surface area contributed by atoms with E-state index < -0.39 is 0 Å². The molecule has 0 radical (unpaired) electrons. The number of nitrogens with one attached hydrogen (secondary N) is 1. The summed E-state index contributed by atoms with van der Waals surface area (Å²) in [4.78, 5) is 16.2. The molecule has 1 aliphatic rings. The third-order valence-electron chi connectivity index (χ3n) is 4.00. The summed E-state index contributed by atoms with van der Waals surface area (Å²) >= 11 is 0. The predicted molar refractivity (Wildman–Crippen MR) is 77.4 cm³/mol. The Balaban J connectivity index is 1.55. The van der Waals surface area contributed by atoms with E-state index >= 15 is 0 Å². The van der Waals surface area contributed by atoms with Gasteiger partial charge in [-0.15, -0.1) is 0 Å². The Bertz CT molecular complexity index is 612. The molecule has 0 unspecified atom stereocenters. The van der Waals surface area contributed by atoms with E-state index in [-0.39, 0.29) is 11.8 Å². The molecule has 0 spiro atoms. The SMILES string of the molecule is Cc1nc2cc(CCNC(=O)C3CCCC3)ccc2o1. The highest BCUT2D eigenvalue weighted by molar-refractivity contribution is 5.79. The van der Waals surface area contributed by atoms with Gasteiger partial charge in [-0.1, -0.05) is 18.9 Å². The van der Waals surface area contributed by atoms with Gasteiger partial charge in [0.05, 0.1) is 0 Å². The van der Waals surface area contributed by atoms with E-state index in [9.17, 15) is 4.79 Å². The molecule has 4 nitrogen and oxygen atoms in total. The Kier molecular flexibility index (Phi) is 3.72. The lowest BCUT2D eigenvalue weighted by atomic mass is 10.1. The van der Waals surface area contributed by atoms with Gasteiger partial charge in [-0.2, -0.15) is 0 Å². The molecule has 3 rings (SSSR count). The Morgan fingerprint density at radius 3 is 3.00 bits per heavy atom. The first-order chi connectivity index (χ1) is 9.72. The quantitative estimate of drug-likeness (QED) is 0.931. The number of carbonyl (C=O) groups is 1. The number of aryl methyl sites for hydroxylation is 1. The average molecular weight is 272 g/mol. The summed E-state index contributed by atoms with van der Waals surface area (Å²) in [6, 6.07) is 6.02. The van der Waals surface area contributed by atoms with Gasteiger partial charge in [0.2, 0.25) is 5.91 Å². The van der Waals surface area contributed by atoms with Gasteiger partial charge in [0.1, 0.15) is 5.52 Å². The number of nitrogens with zero attached hydrogens (tertiary/aromatic N) is 1. The zero-order valence-electron chi connectivity index (χ0n) is 11.8. The monoisotopic (exact) mass is 272 g/mol. The van der Waals surface area contributed by atoms with Gasteiger partial charge in [0, 0.05) is 19.4 Å². The van der Waals surface area contributed by atoms with Crippen LogP contribution in [0.1, 0.15) is 37.1 Å². The van der Waals surface area contributed by atoms with Crippen molar-refractivity contribution in [2.24, 2.45) is 5.92 Å². The standard InChI is InChI=1S/C16H20N2O2/c1-11-18-14-10-12(6-7-15(14)20-11)8-9-17-16(19)13-4-2-3-5-13/h6-7,10,13H,2-5,8-9H2,1H3,(H,17,19). The van der Waals surface area contributed by atoms with E-state index in [4.69, 9.17) is 4.42 Å². The molecule has 0 saturated heterocycles. The number of benzene rings is 1. The van der Waals surface area contributed by atoms with Gasteiger partial charge in [-0.25, -0.2) is 4.98 Å². The van der Waals surface area contributed by atoms with Crippen LogP contribution in [0.5, 0.6) is 0 Å². The maximum absolute atomic E-state index is 11.9. The number of rotatable bonds is 4. The Morgan fingerprint density at radius 2 is 2.20 bits per heavy atom. The topological polar surface area (TPSA) is 55.1 Å². The molecule has 1 aromatic heterocycles. The van der Waals surface area contributed by atoms with E-state index in [1.54, 1.807) is 0 Å². The zero-order valence-corrected chi connectivity index (χ0v) is 11.8. The van der Waals surface area contributed by atoms with Crippen molar-refractivity contribution in [2.45, 2.75) is 39.0 Å². The minimum absolute atomic E-state index is 0.223. The van der Waals surface area contributed by atoms with Gasteiger partial charge < -0.3 is 9.73 Å². The Labute approximate surface area is 118 Å². The lowest BCUT2D eigenvalue weighted by Crippen LogP contribution is -2.30. The number of hydrogen-bond donors (Lipinski definition) is 1. The predicted octanol–water partition coefficient (Wildman–Crippen LogP) is 2.99. The largest absolute Gasteiger partial charge is 0.441 e. The average Bonchev–Trinajstić information content (AvgIpc) is 3.05. The number of fused-ring (bicyclic) bond motifs is 1. The minimum atomic E-state index is 0.223. The molecule has 1 amide bonds. The molecule has 0 bridgehead atoms. The van der Waals surface area contributed by atoms with Gasteiger partial charge in [-0.3, -0.25) is 4.79 Å². The van der Waals surface area contributed by atoms with Crippen molar-refractivity contribution in [3.8, 4) is 0 Å². The van der Waals surface area contributed by atoms with Crippen LogP contribution in [0.15, 0.2) is 22.6 Å². The van der Waals surface area contributed by atoms with E-state index in [1.807, 2.05) is 25.1 Å². The molecule has 1 aliphatic carbocycles. The molecule has 2 aromatic rings. The van der Waals surface area contributed by atoms with Crippen molar-refractivity contribution < 1.29 is 9.21 Å². The third-order valence-corrected chi connectivity index (χ3v) is 4.00. The number of hydrogen-bond acceptors (Lipinski definition) is 3. The molecular weight excluding hydrogens is 252 g/mol. The van der Waals surface area contributed by atoms with E-state index in [0.29, 0.717) is 12.4 Å². The molecule has 106 valence electrons.